The molecule has 0 atom stereocenters. The van der Waals surface area contributed by atoms with E-state index >= 15 is 0 Å². The number of Topliss-reactive ketones (excluding diaryl/α,β-unsaturated/α-hetero) is 1. The van der Waals surface area contributed by atoms with Gasteiger partial charge in [0.1, 0.15) is 11.6 Å². The number of carbonyl (C=O) groups excluding carboxylic acids is 1. The van der Waals surface area contributed by atoms with Crippen LogP contribution < -0.4 is 0 Å². The molecule has 4 heteroatoms. The van der Waals surface area contributed by atoms with Crippen molar-refractivity contribution >= 4 is 29.1 Å². The van der Waals surface area contributed by atoms with Gasteiger partial charge < -0.3 is 0 Å². The first-order valence-corrected chi connectivity index (χ1v) is 7.56. The Kier molecular flexibility index (Phi) is 5.21. The molecule has 0 aliphatic heterocycles. The smallest absolute Gasteiger partial charge is 0.147 e. The molecule has 0 saturated heterocycles. The van der Waals surface area contributed by atoms with Crippen LogP contribution in [-0.2, 0) is 11.2 Å². The van der Waals surface area contributed by atoms with Gasteiger partial charge in [0.2, 0.25) is 0 Å². The molecule has 0 radical (unpaired) electrons. The third-order valence-corrected chi connectivity index (χ3v) is 4.50. The molecule has 2 aromatic rings. The van der Waals surface area contributed by atoms with E-state index in [0.29, 0.717) is 10.8 Å². The maximum absolute atomic E-state index is 13.2. The van der Waals surface area contributed by atoms with Gasteiger partial charge in [-0.1, -0.05) is 29.8 Å². The van der Waals surface area contributed by atoms with E-state index in [-0.39, 0.29) is 18.0 Å². The van der Waals surface area contributed by atoms with E-state index in [1.807, 2.05) is 25.1 Å². The Morgan fingerprint density at radius 3 is 2.75 bits per heavy atom. The molecule has 0 N–H and O–H groups in total. The molecule has 0 aliphatic carbocycles. The van der Waals surface area contributed by atoms with Crippen LogP contribution in [0.2, 0.25) is 5.02 Å². The van der Waals surface area contributed by atoms with Crippen LogP contribution in [0.4, 0.5) is 4.39 Å². The van der Waals surface area contributed by atoms with Crippen LogP contribution in [-0.4, -0.2) is 11.5 Å². The summed E-state index contributed by atoms with van der Waals surface area (Å²) in [5.74, 6) is 0.0837. The number of benzene rings is 2. The molecule has 0 fully saturated rings. The van der Waals surface area contributed by atoms with E-state index in [2.05, 4.69) is 0 Å². The maximum atomic E-state index is 13.2. The molecule has 104 valence electrons. The fourth-order valence-corrected chi connectivity index (χ4v) is 2.91. The number of halogens is 2. The van der Waals surface area contributed by atoms with Gasteiger partial charge >= 0.3 is 0 Å². The lowest BCUT2D eigenvalue weighted by molar-refractivity contribution is -0.116. The molecule has 2 rings (SSSR count). The van der Waals surface area contributed by atoms with Crippen LogP contribution in [0.1, 0.15) is 11.1 Å². The van der Waals surface area contributed by atoms with Crippen LogP contribution in [0.3, 0.4) is 0 Å². The molecular formula is C16H14ClFOS. The first kappa shape index (κ1) is 15.1. The van der Waals surface area contributed by atoms with Crippen molar-refractivity contribution in [3.05, 3.63) is 64.4 Å². The molecule has 1 nitrogen and oxygen atoms in total. The minimum absolute atomic E-state index is 0.0589. The molecule has 20 heavy (non-hydrogen) atoms. The highest BCUT2D eigenvalue weighted by Gasteiger charge is 2.09. The van der Waals surface area contributed by atoms with Gasteiger partial charge in [0.25, 0.3) is 0 Å². The van der Waals surface area contributed by atoms with E-state index in [9.17, 15) is 9.18 Å². The Bertz CT molecular complexity index is 628. The van der Waals surface area contributed by atoms with Crippen molar-refractivity contribution in [2.75, 3.05) is 5.75 Å². The molecule has 2 aromatic carbocycles. The molecule has 0 aromatic heterocycles. The summed E-state index contributed by atoms with van der Waals surface area (Å²) >= 11 is 7.44. The first-order chi connectivity index (χ1) is 9.56. The molecule has 0 saturated carbocycles. The van der Waals surface area contributed by atoms with Crippen molar-refractivity contribution in [2.24, 2.45) is 0 Å². The second kappa shape index (κ2) is 6.91. The summed E-state index contributed by atoms with van der Waals surface area (Å²) in [6.07, 6.45) is 0.251. The summed E-state index contributed by atoms with van der Waals surface area (Å²) in [5.41, 5.74) is 1.68. The maximum Gasteiger partial charge on any atom is 0.147 e. The Morgan fingerprint density at radius 1 is 1.25 bits per heavy atom. The number of rotatable bonds is 5. The second-order valence-corrected chi connectivity index (χ2v) is 5.93. The monoisotopic (exact) mass is 308 g/mol. The summed E-state index contributed by atoms with van der Waals surface area (Å²) < 4.78 is 13.2. The first-order valence-electron chi connectivity index (χ1n) is 6.20. The lowest BCUT2D eigenvalue weighted by Crippen LogP contribution is -2.07. The fraction of sp³-hybridized carbons (Fsp3) is 0.188. The molecule has 0 amide bonds. The Labute approximate surface area is 127 Å². The average Bonchev–Trinajstić information content (AvgIpc) is 2.42. The SMILES string of the molecule is Cc1ccc(F)cc1CC(=O)CSc1ccccc1Cl. The third-order valence-electron chi connectivity index (χ3n) is 2.92. The van der Waals surface area contributed by atoms with Gasteiger partial charge in [-0.05, 0) is 42.3 Å². The van der Waals surface area contributed by atoms with Gasteiger partial charge in [0.05, 0.1) is 10.8 Å². The van der Waals surface area contributed by atoms with E-state index in [0.717, 1.165) is 16.0 Å². The van der Waals surface area contributed by atoms with Crippen LogP contribution in [0.5, 0.6) is 0 Å². The predicted octanol–water partition coefficient (Wildman–Crippen LogP) is 4.69. The normalized spacial score (nSPS) is 10.6. The van der Waals surface area contributed by atoms with Gasteiger partial charge in [-0.2, -0.15) is 0 Å². The zero-order valence-corrected chi connectivity index (χ0v) is 12.6. The number of hydrogen-bond donors (Lipinski definition) is 0. The lowest BCUT2D eigenvalue weighted by Gasteiger charge is -2.06. The highest BCUT2D eigenvalue weighted by atomic mass is 35.5. The van der Waals surface area contributed by atoms with Crippen LogP contribution in [0.25, 0.3) is 0 Å². The lowest BCUT2D eigenvalue weighted by atomic mass is 10.0. The van der Waals surface area contributed by atoms with Gasteiger partial charge in [-0.3, -0.25) is 4.79 Å². The molecule has 0 spiro atoms. The van der Waals surface area contributed by atoms with Gasteiger partial charge in [-0.15, -0.1) is 11.8 Å². The Balaban J connectivity index is 1.96. The summed E-state index contributed by atoms with van der Waals surface area (Å²) in [5, 5.41) is 0.646. The quantitative estimate of drug-likeness (QED) is 0.745. The topological polar surface area (TPSA) is 17.1 Å². The number of ketones is 1. The van der Waals surface area contributed by atoms with E-state index in [1.165, 1.54) is 23.9 Å². The van der Waals surface area contributed by atoms with E-state index in [4.69, 9.17) is 11.6 Å². The van der Waals surface area contributed by atoms with Crippen molar-refractivity contribution in [1.29, 1.82) is 0 Å². The minimum Gasteiger partial charge on any atom is -0.298 e. The standard InChI is InChI=1S/C16H14ClFOS/c1-11-6-7-13(18)8-12(11)9-14(19)10-20-16-5-3-2-4-15(16)17/h2-8H,9-10H2,1H3. The second-order valence-electron chi connectivity index (χ2n) is 4.51. The minimum atomic E-state index is -0.308. The van der Waals surface area contributed by atoms with Gasteiger partial charge in [0, 0.05) is 11.3 Å². The Morgan fingerprint density at radius 2 is 2.00 bits per heavy atom. The van der Waals surface area contributed by atoms with Crippen LogP contribution in [0.15, 0.2) is 47.4 Å². The van der Waals surface area contributed by atoms with Crippen molar-refractivity contribution < 1.29 is 9.18 Å². The average molecular weight is 309 g/mol. The molecule has 0 heterocycles. The molecule has 0 aliphatic rings. The van der Waals surface area contributed by atoms with Gasteiger partial charge in [0.15, 0.2) is 0 Å². The summed E-state index contributed by atoms with van der Waals surface area (Å²) in [4.78, 5) is 12.9. The zero-order valence-electron chi connectivity index (χ0n) is 11.0. The summed E-state index contributed by atoms with van der Waals surface area (Å²) in [6, 6.07) is 11.9. The summed E-state index contributed by atoms with van der Waals surface area (Å²) in [6.45, 7) is 1.88. The molecular weight excluding hydrogens is 295 g/mol. The van der Waals surface area contributed by atoms with Crippen molar-refractivity contribution in [3.8, 4) is 0 Å². The van der Waals surface area contributed by atoms with Crippen LogP contribution in [0, 0.1) is 12.7 Å². The molecule has 0 bridgehead atoms. The molecule has 0 unspecified atom stereocenters. The largest absolute Gasteiger partial charge is 0.298 e. The zero-order chi connectivity index (χ0) is 14.5. The van der Waals surface area contributed by atoms with Crippen LogP contribution >= 0.6 is 23.4 Å². The fourth-order valence-electron chi connectivity index (χ4n) is 1.81. The number of carbonyl (C=O) groups is 1. The van der Waals surface area contributed by atoms with Crippen molar-refractivity contribution in [3.63, 3.8) is 0 Å². The number of thioether (sulfide) groups is 1. The van der Waals surface area contributed by atoms with Gasteiger partial charge in [-0.25, -0.2) is 4.39 Å². The highest BCUT2D eigenvalue weighted by molar-refractivity contribution is 8.00. The third kappa shape index (κ3) is 4.09. The Hall–Kier alpha value is -1.32. The predicted molar refractivity (Wildman–Crippen MR) is 82.0 cm³/mol. The van der Waals surface area contributed by atoms with Crippen molar-refractivity contribution in [2.45, 2.75) is 18.2 Å². The van der Waals surface area contributed by atoms with E-state index < -0.39 is 0 Å². The summed E-state index contributed by atoms with van der Waals surface area (Å²) in [7, 11) is 0. The number of aryl methyl sites for hydroxylation is 1. The van der Waals surface area contributed by atoms with Crippen molar-refractivity contribution in [1.82, 2.24) is 0 Å². The number of hydrogen-bond acceptors (Lipinski definition) is 2. The highest BCUT2D eigenvalue weighted by Crippen LogP contribution is 2.26. The van der Waals surface area contributed by atoms with E-state index in [1.54, 1.807) is 12.1 Å².